The van der Waals surface area contributed by atoms with E-state index in [9.17, 15) is 19.7 Å². The summed E-state index contributed by atoms with van der Waals surface area (Å²) in [4.78, 5) is 35.9. The molecule has 0 atom stereocenters. The Morgan fingerprint density at radius 1 is 0.963 bits per heavy atom. The van der Waals surface area contributed by atoms with Gasteiger partial charge in [-0.05, 0) is 23.8 Å². The summed E-state index contributed by atoms with van der Waals surface area (Å²) in [6, 6.07) is 14.6. The Kier molecular flexibility index (Phi) is 6.26. The molecule has 0 saturated carbocycles. The summed E-state index contributed by atoms with van der Waals surface area (Å²) >= 11 is 3.04. The number of carbonyl (C=O) groups excluding carboxylic acids is 2. The number of nitrogens with zero attached hydrogens (tertiary/aromatic N) is 1. The lowest BCUT2D eigenvalue weighted by molar-refractivity contribution is -0.384. The normalized spacial score (nSPS) is 13.7. The second-order valence-corrected chi connectivity index (χ2v) is 8.07. The van der Waals surface area contributed by atoms with E-state index in [0.717, 1.165) is 15.7 Å². The number of thioether (sulfide) groups is 2. The van der Waals surface area contributed by atoms with Crippen molar-refractivity contribution >= 4 is 46.9 Å². The number of ketones is 2. The van der Waals surface area contributed by atoms with Gasteiger partial charge in [-0.2, -0.15) is 0 Å². The third-order valence-electron chi connectivity index (χ3n) is 3.79. The fourth-order valence-electron chi connectivity index (χ4n) is 2.46. The van der Waals surface area contributed by atoms with Crippen LogP contribution in [0.5, 0.6) is 0 Å². The van der Waals surface area contributed by atoms with Crippen LogP contribution in [0.1, 0.15) is 15.9 Å². The van der Waals surface area contributed by atoms with Crippen LogP contribution in [0.2, 0.25) is 0 Å². The van der Waals surface area contributed by atoms with Gasteiger partial charge in [-0.1, -0.05) is 36.4 Å². The van der Waals surface area contributed by atoms with Crippen LogP contribution in [0.4, 0.5) is 5.69 Å². The van der Waals surface area contributed by atoms with Crippen molar-refractivity contribution in [3.63, 3.8) is 0 Å². The van der Waals surface area contributed by atoms with Crippen LogP contribution in [0.3, 0.4) is 0 Å². The average molecular weight is 397 g/mol. The second kappa shape index (κ2) is 8.83. The molecule has 0 N–H and O–H groups in total. The molecule has 2 aromatic rings. The van der Waals surface area contributed by atoms with Gasteiger partial charge in [-0.3, -0.25) is 19.7 Å². The van der Waals surface area contributed by atoms with Crippen molar-refractivity contribution in [1.82, 2.24) is 0 Å². The van der Waals surface area contributed by atoms with Gasteiger partial charge in [0.1, 0.15) is 0 Å². The molecule has 3 rings (SSSR count). The van der Waals surface area contributed by atoms with Crippen molar-refractivity contribution in [1.29, 1.82) is 0 Å². The lowest BCUT2D eigenvalue weighted by Gasteiger charge is -2.07. The van der Waals surface area contributed by atoms with Crippen molar-refractivity contribution in [3.8, 4) is 0 Å². The van der Waals surface area contributed by atoms with E-state index < -0.39 is 4.92 Å². The van der Waals surface area contributed by atoms with Gasteiger partial charge >= 0.3 is 0 Å². The summed E-state index contributed by atoms with van der Waals surface area (Å²) in [5.74, 6) is 1.08. The van der Waals surface area contributed by atoms with Gasteiger partial charge in [-0.25, -0.2) is 0 Å². The number of Topliss-reactive ketones (excluding diaryl/α,β-unsaturated/α-hetero) is 1. The highest BCUT2D eigenvalue weighted by atomic mass is 32.2. The highest BCUT2D eigenvalue weighted by Crippen LogP contribution is 2.40. The number of rotatable bonds is 6. The molecule has 0 amide bonds. The van der Waals surface area contributed by atoms with Gasteiger partial charge < -0.3 is 0 Å². The lowest BCUT2D eigenvalue weighted by Crippen LogP contribution is -2.12. The number of allylic oxidation sites excluding steroid dienone is 2. The third kappa shape index (κ3) is 4.75. The van der Waals surface area contributed by atoms with E-state index >= 15 is 0 Å². The van der Waals surface area contributed by atoms with Gasteiger partial charge in [0.15, 0.2) is 11.6 Å². The van der Waals surface area contributed by atoms with E-state index in [1.165, 1.54) is 41.7 Å². The van der Waals surface area contributed by atoms with Crippen molar-refractivity contribution < 1.29 is 14.5 Å². The molecular weight excluding hydrogens is 382 g/mol. The molecule has 1 heterocycles. The zero-order valence-electron chi connectivity index (χ0n) is 14.2. The predicted molar refractivity (Wildman–Crippen MR) is 110 cm³/mol. The Labute approximate surface area is 164 Å². The van der Waals surface area contributed by atoms with Crippen LogP contribution in [0.15, 0.2) is 70.5 Å². The maximum Gasteiger partial charge on any atom is 0.269 e. The fourth-order valence-corrected chi connectivity index (χ4v) is 5.00. The minimum absolute atomic E-state index is 0.0145. The standard InChI is InChI=1S/C20H15NO4S2/c22-17(11-8-14-6-9-16(10-7-14)21(24)25)18(20-26-12-13-27-20)19(23)15-4-2-1-3-5-15/h1-11H,12-13H2. The van der Waals surface area contributed by atoms with Crippen LogP contribution < -0.4 is 0 Å². The molecule has 1 aliphatic heterocycles. The van der Waals surface area contributed by atoms with E-state index in [1.807, 2.05) is 6.07 Å². The van der Waals surface area contributed by atoms with Gasteiger partial charge in [0.25, 0.3) is 5.69 Å². The SMILES string of the molecule is O=C(C=Cc1ccc([N+](=O)[O-])cc1)C(C(=O)c1ccccc1)=C1SCCS1. The summed E-state index contributed by atoms with van der Waals surface area (Å²) in [6.07, 6.45) is 2.92. The molecule has 2 aromatic carbocycles. The quantitative estimate of drug-likeness (QED) is 0.175. The molecule has 1 saturated heterocycles. The molecular formula is C20H15NO4S2. The van der Waals surface area contributed by atoms with Crippen molar-refractivity contribution in [2.75, 3.05) is 11.5 Å². The first-order valence-electron chi connectivity index (χ1n) is 8.13. The molecule has 0 radical (unpaired) electrons. The van der Waals surface area contributed by atoms with Crippen molar-refractivity contribution in [3.05, 3.63) is 91.7 Å². The molecule has 0 bridgehead atoms. The number of carbonyl (C=O) groups is 2. The Hall–Kier alpha value is -2.64. The fraction of sp³-hybridized carbons (Fsp3) is 0.100. The molecule has 7 heteroatoms. The minimum Gasteiger partial charge on any atom is -0.289 e. The Balaban J connectivity index is 1.87. The Morgan fingerprint density at radius 3 is 2.19 bits per heavy atom. The molecule has 1 aliphatic rings. The number of hydrogen-bond donors (Lipinski definition) is 0. The Bertz CT molecular complexity index is 926. The monoisotopic (exact) mass is 397 g/mol. The van der Waals surface area contributed by atoms with Gasteiger partial charge in [0.2, 0.25) is 0 Å². The molecule has 27 heavy (non-hydrogen) atoms. The zero-order valence-corrected chi connectivity index (χ0v) is 15.8. The minimum atomic E-state index is -0.478. The number of non-ortho nitro benzene ring substituents is 1. The molecule has 0 spiro atoms. The first kappa shape index (κ1) is 19.1. The molecule has 0 aromatic heterocycles. The third-order valence-corrected chi connectivity index (χ3v) is 6.51. The number of benzene rings is 2. The molecule has 0 unspecified atom stereocenters. The predicted octanol–water partition coefficient (Wildman–Crippen LogP) is 4.75. The van der Waals surface area contributed by atoms with Crippen molar-refractivity contribution in [2.45, 2.75) is 0 Å². The largest absolute Gasteiger partial charge is 0.289 e. The van der Waals surface area contributed by atoms with Gasteiger partial charge in [-0.15, -0.1) is 23.5 Å². The summed E-state index contributed by atoms with van der Waals surface area (Å²) in [6.45, 7) is 0. The van der Waals surface area contributed by atoms with E-state index in [-0.39, 0.29) is 22.8 Å². The van der Waals surface area contributed by atoms with E-state index in [4.69, 9.17) is 0 Å². The summed E-state index contributed by atoms with van der Waals surface area (Å²) in [7, 11) is 0. The maximum atomic E-state index is 12.9. The Morgan fingerprint density at radius 2 is 1.59 bits per heavy atom. The highest BCUT2D eigenvalue weighted by molar-refractivity contribution is 8.25. The molecule has 5 nitrogen and oxygen atoms in total. The first-order valence-corrected chi connectivity index (χ1v) is 10.1. The molecule has 0 aliphatic carbocycles. The number of nitro groups is 1. The molecule has 1 fully saturated rings. The van der Waals surface area contributed by atoms with Crippen LogP contribution in [-0.4, -0.2) is 28.0 Å². The van der Waals surface area contributed by atoms with Crippen LogP contribution in [0.25, 0.3) is 6.08 Å². The number of hydrogen-bond acceptors (Lipinski definition) is 6. The molecule has 136 valence electrons. The first-order chi connectivity index (χ1) is 13.1. The summed E-state index contributed by atoms with van der Waals surface area (Å²) < 4.78 is 0.752. The maximum absolute atomic E-state index is 12.9. The summed E-state index contributed by atoms with van der Waals surface area (Å²) in [5, 5.41) is 10.7. The van der Waals surface area contributed by atoms with Crippen LogP contribution >= 0.6 is 23.5 Å². The average Bonchev–Trinajstić information content (AvgIpc) is 3.21. The summed E-state index contributed by atoms with van der Waals surface area (Å²) in [5.41, 5.74) is 1.30. The van der Waals surface area contributed by atoms with Gasteiger partial charge in [0, 0.05) is 29.2 Å². The highest BCUT2D eigenvalue weighted by Gasteiger charge is 2.25. The van der Waals surface area contributed by atoms with Crippen molar-refractivity contribution in [2.24, 2.45) is 0 Å². The van der Waals surface area contributed by atoms with Gasteiger partial charge in [0.05, 0.1) is 14.7 Å². The van der Waals surface area contributed by atoms with Crippen LogP contribution in [0, 0.1) is 10.1 Å². The topological polar surface area (TPSA) is 77.3 Å². The smallest absolute Gasteiger partial charge is 0.269 e. The van der Waals surface area contributed by atoms with Crippen LogP contribution in [-0.2, 0) is 4.79 Å². The number of nitro benzene ring substituents is 1. The zero-order chi connectivity index (χ0) is 19.2. The van der Waals surface area contributed by atoms with E-state index in [2.05, 4.69) is 0 Å². The van der Waals surface area contributed by atoms with E-state index in [1.54, 1.807) is 42.5 Å². The second-order valence-electron chi connectivity index (χ2n) is 5.60. The van der Waals surface area contributed by atoms with E-state index in [0.29, 0.717) is 11.1 Å². The lowest BCUT2D eigenvalue weighted by atomic mass is 10.0.